The van der Waals surface area contributed by atoms with E-state index in [-0.39, 0.29) is 11.4 Å². The van der Waals surface area contributed by atoms with Gasteiger partial charge in [0.1, 0.15) is 11.4 Å². The molecule has 0 spiro atoms. The van der Waals surface area contributed by atoms with Crippen LogP contribution in [0.15, 0.2) is 18.2 Å². The molecule has 6 nitrogen and oxygen atoms in total. The van der Waals surface area contributed by atoms with Crippen molar-refractivity contribution in [3.05, 3.63) is 28.3 Å². The maximum absolute atomic E-state index is 10.6. The third-order valence-corrected chi connectivity index (χ3v) is 1.87. The lowest BCUT2D eigenvalue weighted by atomic mass is 10.2. The predicted molar refractivity (Wildman–Crippen MR) is 56.9 cm³/mol. The van der Waals surface area contributed by atoms with Gasteiger partial charge in [0.15, 0.2) is 0 Å². The van der Waals surface area contributed by atoms with Crippen molar-refractivity contribution in [2.75, 3.05) is 18.4 Å². The Bertz CT molecular complexity index is 354. The van der Waals surface area contributed by atoms with E-state index in [4.69, 9.17) is 10.8 Å². The molecular formula is C9H13N3O3. The number of nitrogens with zero attached hydrogens (tertiary/aromatic N) is 1. The number of anilines is 1. The summed E-state index contributed by atoms with van der Waals surface area (Å²) >= 11 is 0. The van der Waals surface area contributed by atoms with Gasteiger partial charge in [0.05, 0.1) is 11.0 Å². The maximum atomic E-state index is 10.6. The number of aromatic hydroxyl groups is 1. The van der Waals surface area contributed by atoms with Crippen LogP contribution in [-0.4, -0.2) is 23.1 Å². The zero-order valence-electron chi connectivity index (χ0n) is 8.14. The Morgan fingerprint density at radius 2 is 2.27 bits per heavy atom. The van der Waals surface area contributed by atoms with Gasteiger partial charge < -0.3 is 16.2 Å². The lowest BCUT2D eigenvalue weighted by Gasteiger charge is -2.06. The third-order valence-electron chi connectivity index (χ3n) is 1.87. The highest BCUT2D eigenvalue weighted by Crippen LogP contribution is 2.28. The molecule has 4 N–H and O–H groups in total. The van der Waals surface area contributed by atoms with Gasteiger partial charge >= 0.3 is 0 Å². The Morgan fingerprint density at radius 1 is 1.53 bits per heavy atom. The van der Waals surface area contributed by atoms with Crippen molar-refractivity contribution in [3.63, 3.8) is 0 Å². The van der Waals surface area contributed by atoms with Gasteiger partial charge in [0.25, 0.3) is 5.69 Å². The molecule has 0 amide bonds. The standard InChI is InChI=1S/C9H13N3O3/c10-4-1-5-11-8-3-2-7(13)6-9(8)12(14)15/h2-3,6,11,13H,1,4-5,10H2. The van der Waals surface area contributed by atoms with Gasteiger partial charge in [-0.15, -0.1) is 0 Å². The number of rotatable bonds is 5. The molecule has 0 radical (unpaired) electrons. The van der Waals surface area contributed by atoms with E-state index in [0.717, 1.165) is 12.5 Å². The minimum atomic E-state index is -0.537. The van der Waals surface area contributed by atoms with E-state index in [2.05, 4.69) is 5.32 Å². The van der Waals surface area contributed by atoms with Gasteiger partial charge in [-0.25, -0.2) is 0 Å². The molecule has 6 heteroatoms. The minimum absolute atomic E-state index is 0.119. The van der Waals surface area contributed by atoms with Crippen LogP contribution in [0, 0.1) is 10.1 Å². The average Bonchev–Trinajstić information content (AvgIpc) is 2.20. The topological polar surface area (TPSA) is 101 Å². The van der Waals surface area contributed by atoms with Gasteiger partial charge in [-0.2, -0.15) is 0 Å². The molecule has 0 aromatic heterocycles. The van der Waals surface area contributed by atoms with Gasteiger partial charge in [-0.3, -0.25) is 10.1 Å². The normalized spacial score (nSPS) is 9.93. The molecule has 82 valence electrons. The van der Waals surface area contributed by atoms with Gasteiger partial charge in [0, 0.05) is 6.54 Å². The number of nitrogens with one attached hydrogen (secondary N) is 1. The Hall–Kier alpha value is -1.82. The van der Waals surface area contributed by atoms with Crippen LogP contribution < -0.4 is 11.1 Å². The zero-order chi connectivity index (χ0) is 11.3. The Morgan fingerprint density at radius 3 is 2.87 bits per heavy atom. The van der Waals surface area contributed by atoms with Crippen molar-refractivity contribution in [2.45, 2.75) is 6.42 Å². The SMILES string of the molecule is NCCCNc1ccc(O)cc1[N+](=O)[O-]. The lowest BCUT2D eigenvalue weighted by Crippen LogP contribution is -2.09. The van der Waals surface area contributed by atoms with E-state index in [0.29, 0.717) is 18.8 Å². The molecule has 1 aromatic carbocycles. The highest BCUT2D eigenvalue weighted by Gasteiger charge is 2.13. The second kappa shape index (κ2) is 5.16. The van der Waals surface area contributed by atoms with Crippen LogP contribution in [0.25, 0.3) is 0 Å². The second-order valence-electron chi connectivity index (χ2n) is 3.03. The van der Waals surface area contributed by atoms with E-state index >= 15 is 0 Å². The fourth-order valence-corrected chi connectivity index (χ4v) is 1.15. The summed E-state index contributed by atoms with van der Waals surface area (Å²) in [4.78, 5) is 10.1. The summed E-state index contributed by atoms with van der Waals surface area (Å²) in [5.41, 5.74) is 5.56. The van der Waals surface area contributed by atoms with Crippen molar-refractivity contribution in [1.82, 2.24) is 0 Å². The van der Waals surface area contributed by atoms with E-state index in [1.54, 1.807) is 0 Å². The molecule has 15 heavy (non-hydrogen) atoms. The van der Waals surface area contributed by atoms with Crippen LogP contribution in [0.2, 0.25) is 0 Å². The summed E-state index contributed by atoms with van der Waals surface area (Å²) in [6.07, 6.45) is 0.734. The molecule has 0 aliphatic rings. The molecule has 0 saturated carbocycles. The Kier molecular flexibility index (Phi) is 3.87. The smallest absolute Gasteiger partial charge is 0.296 e. The fourth-order valence-electron chi connectivity index (χ4n) is 1.15. The molecule has 0 bridgehead atoms. The van der Waals surface area contributed by atoms with E-state index in [1.807, 2.05) is 0 Å². The number of nitrogens with two attached hydrogens (primary N) is 1. The van der Waals surface area contributed by atoms with Crippen LogP contribution >= 0.6 is 0 Å². The predicted octanol–water partition coefficient (Wildman–Crippen LogP) is 1.06. The van der Waals surface area contributed by atoms with Crippen LogP contribution in [0.5, 0.6) is 5.75 Å². The summed E-state index contributed by atoms with van der Waals surface area (Å²) in [6.45, 7) is 1.10. The third kappa shape index (κ3) is 3.10. The first kappa shape index (κ1) is 11.3. The van der Waals surface area contributed by atoms with Crippen molar-refractivity contribution in [1.29, 1.82) is 0 Å². The number of benzene rings is 1. The van der Waals surface area contributed by atoms with Crippen molar-refractivity contribution in [3.8, 4) is 5.75 Å². The van der Waals surface area contributed by atoms with E-state index in [1.165, 1.54) is 12.1 Å². The molecule has 0 fully saturated rings. The number of hydrogen-bond donors (Lipinski definition) is 3. The molecule has 0 aliphatic carbocycles. The van der Waals surface area contributed by atoms with Crippen LogP contribution in [0.1, 0.15) is 6.42 Å². The number of nitro benzene ring substituents is 1. The first-order chi connectivity index (χ1) is 7.15. The molecule has 0 atom stereocenters. The zero-order valence-corrected chi connectivity index (χ0v) is 8.14. The summed E-state index contributed by atoms with van der Waals surface area (Å²) in [5.74, 6) is -0.119. The van der Waals surface area contributed by atoms with E-state index < -0.39 is 4.92 Å². The molecule has 1 aromatic rings. The Balaban J connectivity index is 2.81. The molecule has 0 saturated heterocycles. The van der Waals surface area contributed by atoms with Gasteiger partial charge in [-0.1, -0.05) is 0 Å². The number of nitro groups is 1. The van der Waals surface area contributed by atoms with Crippen LogP contribution in [0.4, 0.5) is 11.4 Å². The summed E-state index contributed by atoms with van der Waals surface area (Å²) in [5, 5.41) is 22.6. The first-order valence-electron chi connectivity index (χ1n) is 4.56. The minimum Gasteiger partial charge on any atom is -0.508 e. The maximum Gasteiger partial charge on any atom is 0.296 e. The number of hydrogen-bond acceptors (Lipinski definition) is 5. The van der Waals surface area contributed by atoms with Gasteiger partial charge in [-0.05, 0) is 25.1 Å². The number of phenols is 1. The van der Waals surface area contributed by atoms with Crippen molar-refractivity contribution < 1.29 is 10.0 Å². The van der Waals surface area contributed by atoms with Crippen LogP contribution in [0.3, 0.4) is 0 Å². The fraction of sp³-hybridized carbons (Fsp3) is 0.333. The monoisotopic (exact) mass is 211 g/mol. The Labute approximate surface area is 86.9 Å². The average molecular weight is 211 g/mol. The van der Waals surface area contributed by atoms with E-state index in [9.17, 15) is 10.1 Å². The summed E-state index contributed by atoms with van der Waals surface area (Å²) in [7, 11) is 0. The van der Waals surface area contributed by atoms with Gasteiger partial charge in [0.2, 0.25) is 0 Å². The largest absolute Gasteiger partial charge is 0.508 e. The molecule has 0 heterocycles. The highest BCUT2D eigenvalue weighted by molar-refractivity contribution is 5.63. The van der Waals surface area contributed by atoms with Crippen molar-refractivity contribution in [2.24, 2.45) is 5.73 Å². The second-order valence-corrected chi connectivity index (χ2v) is 3.03. The van der Waals surface area contributed by atoms with Crippen LogP contribution in [-0.2, 0) is 0 Å². The molecule has 0 aliphatic heterocycles. The molecule has 1 rings (SSSR count). The first-order valence-corrected chi connectivity index (χ1v) is 4.56. The highest BCUT2D eigenvalue weighted by atomic mass is 16.6. The molecule has 0 unspecified atom stereocenters. The lowest BCUT2D eigenvalue weighted by molar-refractivity contribution is -0.384. The van der Waals surface area contributed by atoms with Crippen molar-refractivity contribution >= 4 is 11.4 Å². The molecular weight excluding hydrogens is 198 g/mol. The quantitative estimate of drug-likeness (QED) is 0.292. The summed E-state index contributed by atoms with van der Waals surface area (Å²) < 4.78 is 0. The number of phenolic OH excluding ortho intramolecular Hbond substituents is 1. The summed E-state index contributed by atoms with van der Waals surface area (Å²) in [6, 6.07) is 3.99.